The lowest BCUT2D eigenvalue weighted by Crippen LogP contribution is -2.29. The zero-order valence-corrected chi connectivity index (χ0v) is 12.2. The van der Waals surface area contributed by atoms with Crippen molar-refractivity contribution in [1.29, 1.82) is 0 Å². The first-order valence-electron chi connectivity index (χ1n) is 5.37. The number of hydrogen-bond acceptors (Lipinski definition) is 5. The third-order valence-corrected chi connectivity index (χ3v) is 4.78. The first-order chi connectivity index (χ1) is 9.11. The molecule has 2 rings (SSSR count). The van der Waals surface area contributed by atoms with Gasteiger partial charge in [0.15, 0.2) is 0 Å². The van der Waals surface area contributed by atoms with E-state index in [0.29, 0.717) is 21.3 Å². The normalized spacial score (nSPS) is 10.4. The van der Waals surface area contributed by atoms with Gasteiger partial charge in [0, 0.05) is 10.6 Å². The maximum Gasteiger partial charge on any atom is 0.275 e. The molecule has 7 heteroatoms. The van der Waals surface area contributed by atoms with Gasteiger partial charge in [0.1, 0.15) is 0 Å². The third-order valence-electron chi connectivity index (χ3n) is 2.45. The van der Waals surface area contributed by atoms with Crippen molar-refractivity contribution in [1.82, 2.24) is 5.43 Å². The molecular weight excluding hydrogens is 302 g/mol. The van der Waals surface area contributed by atoms with Crippen LogP contribution in [0.25, 0.3) is 0 Å². The molecule has 0 aliphatic heterocycles. The van der Waals surface area contributed by atoms with Crippen molar-refractivity contribution < 1.29 is 4.79 Å². The van der Waals surface area contributed by atoms with Gasteiger partial charge in [-0.25, -0.2) is 5.84 Å². The molecule has 19 heavy (non-hydrogen) atoms. The second kappa shape index (κ2) is 6.29. The number of benzene rings is 1. The lowest BCUT2D eigenvalue weighted by molar-refractivity contribution is 0.0957. The third kappa shape index (κ3) is 3.42. The maximum absolute atomic E-state index is 11.5. The fourth-order valence-corrected chi connectivity index (χ4v) is 3.56. The SMILES string of the molecule is NNC(=O)c1sccc1CSc1ccc(N)c(Cl)c1. The molecule has 0 radical (unpaired) electrons. The molecule has 0 unspecified atom stereocenters. The molecule has 1 aromatic carbocycles. The standard InChI is InChI=1S/C12H12ClN3OS2/c13-9-5-8(1-2-10(9)14)19-6-7-3-4-18-11(7)12(17)16-15/h1-5H,6,14-15H2,(H,16,17). The van der Waals surface area contributed by atoms with Crippen LogP contribution in [0.4, 0.5) is 5.69 Å². The summed E-state index contributed by atoms with van der Waals surface area (Å²) < 4.78 is 0. The number of thiophene rings is 1. The van der Waals surface area contributed by atoms with Crippen LogP contribution in [0, 0.1) is 0 Å². The zero-order chi connectivity index (χ0) is 13.8. The fraction of sp³-hybridized carbons (Fsp3) is 0.0833. The Bertz CT molecular complexity index is 600. The first-order valence-corrected chi connectivity index (χ1v) is 7.61. The lowest BCUT2D eigenvalue weighted by atomic mass is 10.3. The molecule has 1 heterocycles. The molecule has 5 N–H and O–H groups in total. The summed E-state index contributed by atoms with van der Waals surface area (Å²) in [6.07, 6.45) is 0. The Morgan fingerprint density at radius 2 is 2.21 bits per heavy atom. The molecule has 0 atom stereocenters. The summed E-state index contributed by atoms with van der Waals surface area (Å²) in [7, 11) is 0. The Morgan fingerprint density at radius 1 is 1.42 bits per heavy atom. The monoisotopic (exact) mass is 313 g/mol. The minimum atomic E-state index is -0.263. The number of nitrogens with two attached hydrogens (primary N) is 2. The molecule has 0 saturated carbocycles. The average molecular weight is 314 g/mol. The van der Waals surface area contributed by atoms with Crippen LogP contribution in [0.3, 0.4) is 0 Å². The maximum atomic E-state index is 11.5. The number of rotatable bonds is 4. The van der Waals surface area contributed by atoms with Crippen molar-refractivity contribution in [3.05, 3.63) is 45.1 Å². The number of hydrazine groups is 1. The number of carbonyl (C=O) groups is 1. The number of nitrogen functional groups attached to an aromatic ring is 2. The highest BCUT2D eigenvalue weighted by Gasteiger charge is 2.12. The van der Waals surface area contributed by atoms with E-state index < -0.39 is 0 Å². The van der Waals surface area contributed by atoms with Crippen molar-refractivity contribution in [2.75, 3.05) is 5.73 Å². The first kappa shape index (κ1) is 14.2. The number of anilines is 1. The van der Waals surface area contributed by atoms with Crippen LogP contribution in [-0.4, -0.2) is 5.91 Å². The molecule has 0 aliphatic carbocycles. The molecule has 0 fully saturated rings. The molecule has 0 spiro atoms. The van der Waals surface area contributed by atoms with Gasteiger partial charge in [0.25, 0.3) is 5.91 Å². The van der Waals surface area contributed by atoms with Crippen molar-refractivity contribution in [3.63, 3.8) is 0 Å². The Kier molecular flexibility index (Phi) is 4.71. The molecule has 0 saturated heterocycles. The molecular formula is C12H12ClN3OS2. The van der Waals surface area contributed by atoms with Gasteiger partial charge in [0.2, 0.25) is 0 Å². The van der Waals surface area contributed by atoms with E-state index in [-0.39, 0.29) is 5.91 Å². The van der Waals surface area contributed by atoms with Gasteiger partial charge in [-0.15, -0.1) is 23.1 Å². The van der Waals surface area contributed by atoms with Crippen LogP contribution in [-0.2, 0) is 5.75 Å². The van der Waals surface area contributed by atoms with Crippen molar-refractivity contribution in [2.45, 2.75) is 10.6 Å². The van der Waals surface area contributed by atoms with Gasteiger partial charge in [-0.2, -0.15) is 0 Å². The van der Waals surface area contributed by atoms with Gasteiger partial charge < -0.3 is 5.73 Å². The molecule has 100 valence electrons. The van der Waals surface area contributed by atoms with Crippen molar-refractivity contribution in [2.24, 2.45) is 5.84 Å². The number of carbonyl (C=O) groups excluding carboxylic acids is 1. The van der Waals surface area contributed by atoms with Crippen LogP contribution in [0.5, 0.6) is 0 Å². The molecule has 1 amide bonds. The Morgan fingerprint density at radius 3 is 2.89 bits per heavy atom. The molecule has 0 bridgehead atoms. The van der Waals surface area contributed by atoms with Gasteiger partial charge in [-0.3, -0.25) is 10.2 Å². The molecule has 2 aromatic rings. The van der Waals surface area contributed by atoms with E-state index in [1.54, 1.807) is 17.8 Å². The second-order valence-corrected chi connectivity index (χ2v) is 6.09. The largest absolute Gasteiger partial charge is 0.398 e. The van der Waals surface area contributed by atoms with Crippen LogP contribution < -0.4 is 17.0 Å². The minimum Gasteiger partial charge on any atom is -0.398 e. The van der Waals surface area contributed by atoms with Crippen molar-refractivity contribution >= 4 is 46.3 Å². The van der Waals surface area contributed by atoms with Gasteiger partial charge >= 0.3 is 0 Å². The highest BCUT2D eigenvalue weighted by Crippen LogP contribution is 2.30. The van der Waals surface area contributed by atoms with Crippen molar-refractivity contribution in [3.8, 4) is 0 Å². The van der Waals surface area contributed by atoms with Crippen LogP contribution in [0.1, 0.15) is 15.2 Å². The second-order valence-electron chi connectivity index (χ2n) is 3.72. The van der Waals surface area contributed by atoms with E-state index in [0.717, 1.165) is 10.5 Å². The number of hydrogen-bond donors (Lipinski definition) is 3. The Hall–Kier alpha value is -1.21. The number of amides is 1. The van der Waals surface area contributed by atoms with Gasteiger partial charge in [0.05, 0.1) is 15.6 Å². The molecule has 0 aliphatic rings. The summed E-state index contributed by atoms with van der Waals surface area (Å²) in [5.74, 6) is 5.56. The van der Waals surface area contributed by atoms with E-state index in [2.05, 4.69) is 5.43 Å². The summed E-state index contributed by atoms with van der Waals surface area (Å²) in [4.78, 5) is 13.2. The van der Waals surface area contributed by atoms with E-state index in [4.69, 9.17) is 23.2 Å². The number of halogens is 1. The van der Waals surface area contributed by atoms with E-state index in [9.17, 15) is 4.79 Å². The zero-order valence-electron chi connectivity index (χ0n) is 9.85. The summed E-state index contributed by atoms with van der Waals surface area (Å²) in [6.45, 7) is 0. The predicted octanol–water partition coefficient (Wildman–Crippen LogP) is 2.88. The van der Waals surface area contributed by atoms with E-state index >= 15 is 0 Å². The summed E-state index contributed by atoms with van der Waals surface area (Å²) in [6, 6.07) is 7.41. The van der Waals surface area contributed by atoms with Crippen LogP contribution >= 0.6 is 34.7 Å². The smallest absolute Gasteiger partial charge is 0.275 e. The van der Waals surface area contributed by atoms with E-state index in [1.165, 1.54) is 11.3 Å². The summed E-state index contributed by atoms with van der Waals surface area (Å²) in [5.41, 5.74) is 9.31. The Labute approximate surface area is 124 Å². The highest BCUT2D eigenvalue weighted by molar-refractivity contribution is 7.98. The summed E-state index contributed by atoms with van der Waals surface area (Å²) >= 11 is 8.92. The van der Waals surface area contributed by atoms with Gasteiger partial charge in [-0.1, -0.05) is 11.6 Å². The lowest BCUT2D eigenvalue weighted by Gasteiger charge is -2.05. The fourth-order valence-electron chi connectivity index (χ4n) is 1.47. The molecule has 4 nitrogen and oxygen atoms in total. The van der Waals surface area contributed by atoms with Gasteiger partial charge in [-0.05, 0) is 35.2 Å². The van der Waals surface area contributed by atoms with E-state index in [1.807, 2.05) is 23.6 Å². The average Bonchev–Trinajstić information content (AvgIpc) is 2.87. The number of thioether (sulfide) groups is 1. The van der Waals surface area contributed by atoms with Crippen LogP contribution in [0.2, 0.25) is 5.02 Å². The quantitative estimate of drug-likeness (QED) is 0.266. The highest BCUT2D eigenvalue weighted by atomic mass is 35.5. The minimum absolute atomic E-state index is 0.263. The molecule has 1 aromatic heterocycles. The predicted molar refractivity (Wildman–Crippen MR) is 81.4 cm³/mol. The van der Waals surface area contributed by atoms with Crippen LogP contribution in [0.15, 0.2) is 34.5 Å². The Balaban J connectivity index is 2.08. The topological polar surface area (TPSA) is 81.1 Å². The number of nitrogens with one attached hydrogen (secondary N) is 1. The summed E-state index contributed by atoms with van der Waals surface area (Å²) in [5, 5.41) is 2.41.